The second-order valence-electron chi connectivity index (χ2n) is 2.70. The van der Waals surface area contributed by atoms with Crippen molar-refractivity contribution >= 4 is 55.7 Å². The molecule has 15 heavy (non-hydrogen) atoms. The molecule has 0 aliphatic heterocycles. The number of benzene rings is 1. The molecule has 0 aliphatic rings. The van der Waals surface area contributed by atoms with E-state index in [2.05, 4.69) is 20.9 Å². The molecule has 2 N–H and O–H groups in total. The summed E-state index contributed by atoms with van der Waals surface area (Å²) in [6, 6.07) is 7.87. The third kappa shape index (κ3) is 3.86. The second-order valence-corrected chi connectivity index (χ2v) is 4.43. The van der Waals surface area contributed by atoms with Gasteiger partial charge < -0.3 is 5.73 Å². The van der Waals surface area contributed by atoms with Crippen LogP contribution in [0.3, 0.4) is 0 Å². The molecule has 2 rings (SSSR count). The standard InChI is InChI=1S/C9H7BrN2.CH2Cl2/c10-8-2-1-6-5-12-9(11)4-7(6)3-8;2-1-3/h1-5H,(H2,11,12);1H2. The highest BCUT2D eigenvalue weighted by atomic mass is 79.9. The van der Waals surface area contributed by atoms with Gasteiger partial charge in [-0.05, 0) is 23.6 Å². The van der Waals surface area contributed by atoms with Gasteiger partial charge >= 0.3 is 0 Å². The van der Waals surface area contributed by atoms with Crippen molar-refractivity contribution in [3.63, 3.8) is 0 Å². The lowest BCUT2D eigenvalue weighted by atomic mass is 10.2. The lowest BCUT2D eigenvalue weighted by Gasteiger charge is -1.98. The minimum absolute atomic E-state index is 0.194. The van der Waals surface area contributed by atoms with Crippen molar-refractivity contribution in [1.29, 1.82) is 0 Å². The Kier molecular flexibility index (Phi) is 5.15. The largest absolute Gasteiger partial charge is 0.384 e. The Morgan fingerprint density at radius 2 is 1.87 bits per heavy atom. The Balaban J connectivity index is 0.000000337. The third-order valence-corrected chi connectivity index (χ3v) is 2.20. The van der Waals surface area contributed by atoms with Crippen molar-refractivity contribution in [1.82, 2.24) is 4.98 Å². The van der Waals surface area contributed by atoms with E-state index >= 15 is 0 Å². The minimum atomic E-state index is 0.194. The predicted molar refractivity (Wildman–Crippen MR) is 70.4 cm³/mol. The first-order chi connectivity index (χ1) is 7.17. The van der Waals surface area contributed by atoms with E-state index in [0.29, 0.717) is 5.82 Å². The molecule has 2 nitrogen and oxygen atoms in total. The topological polar surface area (TPSA) is 38.9 Å². The average Bonchev–Trinajstić information content (AvgIpc) is 2.18. The van der Waals surface area contributed by atoms with Crippen molar-refractivity contribution in [2.24, 2.45) is 0 Å². The van der Waals surface area contributed by atoms with Gasteiger partial charge in [-0.25, -0.2) is 4.98 Å². The van der Waals surface area contributed by atoms with Crippen LogP contribution in [0.1, 0.15) is 0 Å². The predicted octanol–water partition coefficient (Wildman–Crippen LogP) is 4.00. The first-order valence-electron chi connectivity index (χ1n) is 4.10. The number of nitrogens with zero attached hydrogens (tertiary/aromatic N) is 1. The maximum atomic E-state index is 5.55. The molecule has 0 saturated heterocycles. The van der Waals surface area contributed by atoms with Crippen LogP contribution in [0.25, 0.3) is 10.8 Å². The van der Waals surface area contributed by atoms with Crippen LogP contribution in [0.4, 0.5) is 5.82 Å². The van der Waals surface area contributed by atoms with Gasteiger partial charge in [0.25, 0.3) is 0 Å². The van der Waals surface area contributed by atoms with E-state index < -0.39 is 0 Å². The second kappa shape index (κ2) is 6.16. The van der Waals surface area contributed by atoms with Gasteiger partial charge in [0.1, 0.15) is 5.82 Å². The molecule has 0 spiro atoms. The van der Waals surface area contributed by atoms with Crippen molar-refractivity contribution in [2.75, 3.05) is 11.1 Å². The maximum Gasteiger partial charge on any atom is 0.123 e. The summed E-state index contributed by atoms with van der Waals surface area (Å²) < 4.78 is 1.06. The van der Waals surface area contributed by atoms with Crippen LogP contribution in [0.5, 0.6) is 0 Å². The normalized spacial score (nSPS) is 9.53. The SMILES string of the molecule is ClCCl.Nc1cc2cc(Br)ccc2cn1. The van der Waals surface area contributed by atoms with Gasteiger partial charge in [0.05, 0.1) is 5.34 Å². The summed E-state index contributed by atoms with van der Waals surface area (Å²) in [5.74, 6) is 0.556. The van der Waals surface area contributed by atoms with Crippen molar-refractivity contribution < 1.29 is 0 Å². The summed E-state index contributed by atoms with van der Waals surface area (Å²) in [5.41, 5.74) is 5.55. The zero-order valence-electron chi connectivity index (χ0n) is 7.75. The van der Waals surface area contributed by atoms with Crippen molar-refractivity contribution in [3.05, 3.63) is 34.9 Å². The minimum Gasteiger partial charge on any atom is -0.384 e. The fraction of sp³-hybridized carbons (Fsp3) is 0.100. The van der Waals surface area contributed by atoms with E-state index in [1.54, 1.807) is 6.20 Å². The summed E-state index contributed by atoms with van der Waals surface area (Å²) in [5, 5.41) is 2.41. The smallest absolute Gasteiger partial charge is 0.123 e. The summed E-state index contributed by atoms with van der Waals surface area (Å²) in [4.78, 5) is 4.00. The summed E-state index contributed by atoms with van der Waals surface area (Å²) >= 11 is 12.9. The van der Waals surface area contributed by atoms with Gasteiger partial charge in [-0.2, -0.15) is 0 Å². The molecule has 0 amide bonds. The van der Waals surface area contributed by atoms with Gasteiger partial charge in [0.2, 0.25) is 0 Å². The molecule has 0 fully saturated rings. The van der Waals surface area contributed by atoms with Crippen LogP contribution >= 0.6 is 39.1 Å². The number of anilines is 1. The molecular formula is C10H9BrCl2N2. The van der Waals surface area contributed by atoms with Gasteiger partial charge in [0.15, 0.2) is 0 Å². The lowest BCUT2D eigenvalue weighted by Crippen LogP contribution is -1.88. The van der Waals surface area contributed by atoms with E-state index in [1.807, 2.05) is 24.3 Å². The van der Waals surface area contributed by atoms with Crippen molar-refractivity contribution in [3.8, 4) is 0 Å². The number of nitrogen functional groups attached to an aromatic ring is 1. The molecule has 1 heterocycles. The van der Waals surface area contributed by atoms with Crippen LogP contribution in [0.2, 0.25) is 0 Å². The molecule has 0 bridgehead atoms. The van der Waals surface area contributed by atoms with E-state index in [9.17, 15) is 0 Å². The van der Waals surface area contributed by atoms with Crippen molar-refractivity contribution in [2.45, 2.75) is 0 Å². The Morgan fingerprint density at radius 1 is 1.20 bits per heavy atom. The molecule has 80 valence electrons. The van der Waals surface area contributed by atoms with E-state index in [0.717, 1.165) is 15.2 Å². The van der Waals surface area contributed by atoms with Crippen LogP contribution in [-0.2, 0) is 0 Å². The van der Waals surface area contributed by atoms with Gasteiger partial charge in [-0.1, -0.05) is 22.0 Å². The number of hydrogen-bond donors (Lipinski definition) is 1. The molecule has 0 unspecified atom stereocenters. The van der Waals surface area contributed by atoms with Crippen LogP contribution in [-0.4, -0.2) is 10.3 Å². The summed E-state index contributed by atoms with van der Waals surface area (Å²) in [6.07, 6.45) is 1.77. The number of aromatic nitrogens is 1. The molecule has 0 radical (unpaired) electrons. The number of nitrogens with two attached hydrogens (primary N) is 1. The zero-order chi connectivity index (χ0) is 11.3. The molecule has 0 atom stereocenters. The zero-order valence-corrected chi connectivity index (χ0v) is 10.9. The van der Waals surface area contributed by atoms with E-state index in [1.165, 1.54) is 0 Å². The molecule has 0 saturated carbocycles. The van der Waals surface area contributed by atoms with Crippen LogP contribution < -0.4 is 5.73 Å². The van der Waals surface area contributed by atoms with Crippen LogP contribution in [0, 0.1) is 0 Å². The first kappa shape index (κ1) is 12.6. The average molecular weight is 308 g/mol. The molecule has 2 aromatic rings. The Morgan fingerprint density at radius 3 is 2.53 bits per heavy atom. The van der Waals surface area contributed by atoms with E-state index in [4.69, 9.17) is 28.9 Å². The number of halogens is 3. The molecule has 1 aromatic heterocycles. The fourth-order valence-corrected chi connectivity index (χ4v) is 1.51. The van der Waals surface area contributed by atoms with Gasteiger partial charge in [0, 0.05) is 16.1 Å². The number of pyridine rings is 1. The fourth-order valence-electron chi connectivity index (χ4n) is 1.13. The quantitative estimate of drug-likeness (QED) is 0.747. The first-order valence-corrected chi connectivity index (χ1v) is 5.96. The Hall–Kier alpha value is -0.510. The highest BCUT2D eigenvalue weighted by Gasteiger charge is 1.94. The highest BCUT2D eigenvalue weighted by molar-refractivity contribution is 9.10. The number of fused-ring (bicyclic) bond motifs is 1. The Bertz CT molecular complexity index is 412. The molecule has 5 heteroatoms. The number of rotatable bonds is 0. The molecular weight excluding hydrogens is 299 g/mol. The molecule has 0 aliphatic carbocycles. The summed E-state index contributed by atoms with van der Waals surface area (Å²) in [7, 11) is 0. The summed E-state index contributed by atoms with van der Waals surface area (Å²) in [6.45, 7) is 0. The molecule has 1 aromatic carbocycles. The highest BCUT2D eigenvalue weighted by Crippen LogP contribution is 2.19. The maximum absolute atomic E-state index is 5.55. The monoisotopic (exact) mass is 306 g/mol. The lowest BCUT2D eigenvalue weighted by molar-refractivity contribution is 1.37. The van der Waals surface area contributed by atoms with Gasteiger partial charge in [-0.3, -0.25) is 0 Å². The number of hydrogen-bond acceptors (Lipinski definition) is 2. The third-order valence-electron chi connectivity index (χ3n) is 1.70. The van der Waals surface area contributed by atoms with Crippen LogP contribution in [0.15, 0.2) is 34.9 Å². The van der Waals surface area contributed by atoms with E-state index in [-0.39, 0.29) is 5.34 Å². The Labute approximate surface area is 107 Å². The van der Waals surface area contributed by atoms with Gasteiger partial charge in [-0.15, -0.1) is 23.2 Å². The number of alkyl halides is 2.